The summed E-state index contributed by atoms with van der Waals surface area (Å²) in [5, 5.41) is 11.1. The van der Waals surface area contributed by atoms with Crippen LogP contribution in [-0.2, 0) is 11.3 Å². The lowest BCUT2D eigenvalue weighted by Crippen LogP contribution is -2.28. The Balaban J connectivity index is 1.81. The summed E-state index contributed by atoms with van der Waals surface area (Å²) in [6, 6.07) is 12.9. The summed E-state index contributed by atoms with van der Waals surface area (Å²) < 4.78 is 0. The van der Waals surface area contributed by atoms with Crippen molar-refractivity contribution in [2.75, 3.05) is 0 Å². The predicted octanol–water partition coefficient (Wildman–Crippen LogP) is 2.94. The lowest BCUT2D eigenvalue weighted by atomic mass is 10.1. The molecule has 2 aromatic carbocycles. The third-order valence-corrected chi connectivity index (χ3v) is 4.70. The van der Waals surface area contributed by atoms with Gasteiger partial charge in [-0.3, -0.25) is 14.5 Å². The molecule has 2 aromatic rings. The van der Waals surface area contributed by atoms with Gasteiger partial charge in [0.1, 0.15) is 0 Å². The van der Waals surface area contributed by atoms with E-state index in [2.05, 4.69) is 0 Å². The summed E-state index contributed by atoms with van der Waals surface area (Å²) in [4.78, 5) is 36.9. The lowest BCUT2D eigenvalue weighted by Gasteiger charge is -2.13. The number of halogens is 1. The molecule has 1 aliphatic heterocycles. The number of benzene rings is 2. The molecule has 0 saturated carbocycles. The minimum atomic E-state index is -1.31. The van der Waals surface area contributed by atoms with E-state index in [9.17, 15) is 19.5 Å². The van der Waals surface area contributed by atoms with Gasteiger partial charge >= 0.3 is 0 Å². The molecule has 1 heterocycles. The van der Waals surface area contributed by atoms with Crippen molar-refractivity contribution in [2.24, 2.45) is 0 Å². The molecule has 0 aromatic heterocycles. The van der Waals surface area contributed by atoms with Crippen LogP contribution in [0.15, 0.2) is 53.4 Å². The van der Waals surface area contributed by atoms with E-state index in [1.807, 2.05) is 0 Å². The van der Waals surface area contributed by atoms with E-state index in [1.165, 1.54) is 12.1 Å². The van der Waals surface area contributed by atoms with Crippen LogP contribution in [0.5, 0.6) is 0 Å². The van der Waals surface area contributed by atoms with Crippen LogP contribution >= 0.6 is 23.4 Å². The summed E-state index contributed by atoms with van der Waals surface area (Å²) >= 11 is 6.67. The predicted molar refractivity (Wildman–Crippen MR) is 93.7 cm³/mol. The van der Waals surface area contributed by atoms with Crippen LogP contribution in [0.1, 0.15) is 21.5 Å². The van der Waals surface area contributed by atoms with E-state index >= 15 is 0 Å². The zero-order valence-corrected chi connectivity index (χ0v) is 14.3. The quantitative estimate of drug-likeness (QED) is 0.771. The summed E-state index contributed by atoms with van der Waals surface area (Å²) in [6.07, 6.45) is 1.62. The number of rotatable bonds is 4. The molecule has 5 nitrogen and oxygen atoms in total. The fourth-order valence-electron chi connectivity index (χ4n) is 2.33. The molecule has 2 amide bonds. The Bertz CT molecular complexity index is 892. The smallest absolute Gasteiger partial charge is 0.293 e. The maximum Gasteiger partial charge on any atom is 0.293 e. The highest BCUT2D eigenvalue weighted by molar-refractivity contribution is 8.18. The molecule has 0 radical (unpaired) electrons. The number of carbonyl (C=O) groups is 3. The van der Waals surface area contributed by atoms with Crippen molar-refractivity contribution in [1.82, 2.24) is 4.90 Å². The largest absolute Gasteiger partial charge is 0.545 e. The van der Waals surface area contributed by atoms with Gasteiger partial charge in [-0.2, -0.15) is 0 Å². The molecule has 0 atom stereocenters. The van der Waals surface area contributed by atoms with Crippen molar-refractivity contribution in [3.63, 3.8) is 0 Å². The molecule has 0 unspecified atom stereocenters. The third kappa shape index (κ3) is 3.92. The minimum Gasteiger partial charge on any atom is -0.545 e. The van der Waals surface area contributed by atoms with Gasteiger partial charge in [0.05, 0.1) is 17.4 Å². The number of carbonyl (C=O) groups excluding carboxylic acids is 3. The van der Waals surface area contributed by atoms with E-state index in [4.69, 9.17) is 11.6 Å². The van der Waals surface area contributed by atoms with Gasteiger partial charge in [0, 0.05) is 5.02 Å². The van der Waals surface area contributed by atoms with E-state index in [0.29, 0.717) is 15.5 Å². The zero-order valence-electron chi connectivity index (χ0n) is 12.8. The SMILES string of the molecule is O=C([O-])c1cccc(CN2C(=O)S/C(=C\c3ccc(Cl)cc3)C2=O)c1. The number of hydrogen-bond acceptors (Lipinski definition) is 5. The van der Waals surface area contributed by atoms with Crippen molar-refractivity contribution in [2.45, 2.75) is 6.54 Å². The van der Waals surface area contributed by atoms with Crippen LogP contribution in [-0.4, -0.2) is 22.0 Å². The molecule has 0 spiro atoms. The Morgan fingerprint density at radius 3 is 2.56 bits per heavy atom. The van der Waals surface area contributed by atoms with Crippen LogP contribution in [0, 0.1) is 0 Å². The van der Waals surface area contributed by atoms with Gasteiger partial charge in [0.15, 0.2) is 0 Å². The third-order valence-electron chi connectivity index (χ3n) is 3.54. The highest BCUT2D eigenvalue weighted by Gasteiger charge is 2.34. The van der Waals surface area contributed by atoms with Crippen molar-refractivity contribution < 1.29 is 19.5 Å². The fraction of sp³-hybridized carbons (Fsp3) is 0.0556. The highest BCUT2D eigenvalue weighted by atomic mass is 35.5. The molecule has 25 heavy (non-hydrogen) atoms. The second-order valence-electron chi connectivity index (χ2n) is 5.31. The van der Waals surface area contributed by atoms with E-state index < -0.39 is 17.1 Å². The maximum atomic E-state index is 12.5. The first-order chi connectivity index (χ1) is 11.9. The number of aromatic carboxylic acids is 1. The zero-order chi connectivity index (χ0) is 18.0. The van der Waals surface area contributed by atoms with Crippen LogP contribution in [0.2, 0.25) is 5.02 Å². The summed E-state index contributed by atoms with van der Waals surface area (Å²) in [5.41, 5.74) is 1.30. The first-order valence-corrected chi connectivity index (χ1v) is 8.45. The van der Waals surface area contributed by atoms with E-state index in [0.717, 1.165) is 22.2 Å². The van der Waals surface area contributed by atoms with Gasteiger partial charge in [-0.15, -0.1) is 0 Å². The number of nitrogens with zero attached hydrogens (tertiary/aromatic N) is 1. The van der Waals surface area contributed by atoms with E-state index in [1.54, 1.807) is 42.5 Å². The van der Waals surface area contributed by atoms with Gasteiger partial charge in [0.2, 0.25) is 0 Å². The maximum absolute atomic E-state index is 12.5. The monoisotopic (exact) mass is 372 g/mol. The van der Waals surface area contributed by atoms with Crippen LogP contribution in [0.25, 0.3) is 6.08 Å². The molecule has 0 bridgehead atoms. The summed E-state index contributed by atoms with van der Waals surface area (Å²) in [6.45, 7) is 0.00371. The van der Waals surface area contributed by atoms with E-state index in [-0.39, 0.29) is 12.1 Å². The van der Waals surface area contributed by atoms with Gasteiger partial charge in [0.25, 0.3) is 11.1 Å². The van der Waals surface area contributed by atoms with Gasteiger partial charge in [-0.1, -0.05) is 41.9 Å². The Morgan fingerprint density at radius 2 is 1.88 bits per heavy atom. The molecule has 1 aliphatic rings. The number of carboxylic acids is 1. The van der Waals surface area contributed by atoms with Crippen molar-refractivity contribution in [1.29, 1.82) is 0 Å². The number of hydrogen-bond donors (Lipinski definition) is 0. The number of carboxylic acid groups (broad SMARTS) is 1. The summed E-state index contributed by atoms with van der Waals surface area (Å²) in [7, 11) is 0. The first kappa shape index (κ1) is 17.3. The second-order valence-corrected chi connectivity index (χ2v) is 6.74. The molecular formula is C18H11ClNO4S-. The van der Waals surface area contributed by atoms with Gasteiger partial charge < -0.3 is 9.90 Å². The van der Waals surface area contributed by atoms with Crippen LogP contribution in [0.3, 0.4) is 0 Å². The van der Waals surface area contributed by atoms with Gasteiger partial charge in [-0.05, 0) is 52.7 Å². The van der Waals surface area contributed by atoms with Crippen molar-refractivity contribution in [3.05, 3.63) is 75.1 Å². The Labute approximate surface area is 152 Å². The Morgan fingerprint density at radius 1 is 1.16 bits per heavy atom. The van der Waals surface area contributed by atoms with Crippen LogP contribution < -0.4 is 5.11 Å². The number of imide groups is 1. The summed E-state index contributed by atoms with van der Waals surface area (Å²) in [5.74, 6) is -1.72. The molecule has 3 rings (SSSR count). The molecule has 0 N–H and O–H groups in total. The molecule has 7 heteroatoms. The average molecular weight is 373 g/mol. The molecule has 0 aliphatic carbocycles. The standard InChI is InChI=1S/C18H12ClNO4S/c19-14-6-4-11(5-7-14)9-15-16(21)20(18(24)25-15)10-12-2-1-3-13(8-12)17(22)23/h1-9H,10H2,(H,22,23)/p-1/b15-9-. The molecular weight excluding hydrogens is 362 g/mol. The lowest BCUT2D eigenvalue weighted by molar-refractivity contribution is -0.255. The number of thioether (sulfide) groups is 1. The Kier molecular flexibility index (Phi) is 4.92. The van der Waals surface area contributed by atoms with Crippen LogP contribution in [0.4, 0.5) is 4.79 Å². The first-order valence-electron chi connectivity index (χ1n) is 7.25. The highest BCUT2D eigenvalue weighted by Crippen LogP contribution is 2.33. The topological polar surface area (TPSA) is 77.5 Å². The fourth-order valence-corrected chi connectivity index (χ4v) is 3.29. The normalized spacial score (nSPS) is 15.9. The molecule has 126 valence electrons. The van der Waals surface area contributed by atoms with Crippen molar-refractivity contribution >= 4 is 46.6 Å². The molecule has 1 saturated heterocycles. The van der Waals surface area contributed by atoms with Crippen molar-refractivity contribution in [3.8, 4) is 0 Å². The molecule has 1 fully saturated rings. The number of amides is 2. The van der Waals surface area contributed by atoms with Gasteiger partial charge in [-0.25, -0.2) is 0 Å². The second kappa shape index (κ2) is 7.13. The minimum absolute atomic E-state index is 0.00109. The Hall–Kier alpha value is -2.57. The average Bonchev–Trinajstić information content (AvgIpc) is 2.85.